The van der Waals surface area contributed by atoms with Crippen LogP contribution in [0, 0.1) is 10.1 Å². The summed E-state index contributed by atoms with van der Waals surface area (Å²) in [5.74, 6) is 0.735. The zero-order valence-corrected chi connectivity index (χ0v) is 32.8. The van der Waals surface area contributed by atoms with Crippen LogP contribution in [0.2, 0.25) is 5.02 Å². The summed E-state index contributed by atoms with van der Waals surface area (Å²) in [7, 11) is -4.24. The van der Waals surface area contributed by atoms with Gasteiger partial charge in [0, 0.05) is 66.2 Å². The number of rotatable bonds is 13. The fraction of sp³-hybridized carbons (Fsp3) is 0.231. The van der Waals surface area contributed by atoms with Gasteiger partial charge in [0.25, 0.3) is 15.7 Å². The highest BCUT2D eigenvalue weighted by molar-refractivity contribution is 8.01. The van der Waals surface area contributed by atoms with Gasteiger partial charge in [-0.1, -0.05) is 54.1 Å². The van der Waals surface area contributed by atoms with Gasteiger partial charge in [-0.3, -0.25) is 19.7 Å². The number of benzene rings is 4. The number of thiophene rings is 1. The summed E-state index contributed by atoms with van der Waals surface area (Å²) in [5.41, 5.74) is 4.53. The van der Waals surface area contributed by atoms with Gasteiger partial charge in [0.15, 0.2) is 5.82 Å². The normalized spacial score (nSPS) is 13.9. The summed E-state index contributed by atoms with van der Waals surface area (Å²) < 4.78 is 30.9. The Morgan fingerprint density at radius 1 is 0.944 bits per heavy atom. The monoisotopic (exact) mass is 799 g/mol. The summed E-state index contributed by atoms with van der Waals surface area (Å²) in [5, 5.41) is 18.6. The van der Waals surface area contributed by atoms with Crippen molar-refractivity contribution in [2.45, 2.75) is 35.0 Å². The Balaban J connectivity index is 1.02. The maximum atomic E-state index is 13.6. The van der Waals surface area contributed by atoms with Gasteiger partial charge in [-0.05, 0) is 84.4 Å². The molecule has 0 amide bonds. The Hall–Kier alpha value is -4.73. The number of nitrogens with one attached hydrogen (secondary N) is 2. The van der Waals surface area contributed by atoms with Gasteiger partial charge in [0.2, 0.25) is 0 Å². The summed E-state index contributed by atoms with van der Waals surface area (Å²) in [6, 6.07) is 29.9. The van der Waals surface area contributed by atoms with Crippen molar-refractivity contribution in [1.82, 2.24) is 14.9 Å². The minimum atomic E-state index is -4.24. The molecule has 1 aliphatic rings. The predicted molar refractivity (Wildman–Crippen MR) is 221 cm³/mol. The van der Waals surface area contributed by atoms with Gasteiger partial charge in [-0.2, -0.15) is 0 Å². The molecular formula is C39H38ClN7O4S3. The van der Waals surface area contributed by atoms with Gasteiger partial charge in [0.1, 0.15) is 12.0 Å². The van der Waals surface area contributed by atoms with Gasteiger partial charge >= 0.3 is 0 Å². The number of thioether (sulfide) groups is 1. The first-order valence-corrected chi connectivity index (χ1v) is 21.0. The van der Waals surface area contributed by atoms with Crippen LogP contribution >= 0.6 is 34.7 Å². The molecule has 0 bridgehead atoms. The molecule has 0 radical (unpaired) electrons. The van der Waals surface area contributed by atoms with Crippen molar-refractivity contribution in [3.63, 3.8) is 0 Å². The van der Waals surface area contributed by atoms with E-state index < -0.39 is 20.5 Å². The van der Waals surface area contributed by atoms with Gasteiger partial charge in [-0.15, -0.1) is 23.1 Å². The lowest BCUT2D eigenvalue weighted by Crippen LogP contribution is -2.46. The van der Waals surface area contributed by atoms with Gasteiger partial charge in [0.05, 0.1) is 19.5 Å². The standard InChI is InChI=1S/C39H38ClN7O4S3/c1-39(2,25-53-37-8-5-21-52-37)43-34-16-14-31(23-36(34)47(48)49)54(50,51)44-38-33-15-13-30(22-35(33)41-26-42-38)46-19-17-45(18-20-46)24-28-6-3-4-7-32(28)27-9-11-29(40)12-10-27/h3-16,21-23,26,43H,17-20,24-25H2,1-2H3,(H,41,42,44). The van der Waals surface area contributed by atoms with Crippen LogP contribution in [-0.2, 0) is 16.6 Å². The van der Waals surface area contributed by atoms with E-state index in [9.17, 15) is 18.5 Å². The number of hydrogen-bond donors (Lipinski definition) is 2. The van der Waals surface area contributed by atoms with Crippen LogP contribution in [0.25, 0.3) is 22.0 Å². The highest BCUT2D eigenvalue weighted by Gasteiger charge is 2.27. The number of anilines is 3. The smallest absolute Gasteiger partial charge is 0.293 e. The molecule has 0 saturated carbocycles. The average Bonchev–Trinajstić information content (AvgIpc) is 3.69. The van der Waals surface area contributed by atoms with Crippen molar-refractivity contribution in [3.05, 3.63) is 129 Å². The molecule has 6 aromatic rings. The first-order valence-electron chi connectivity index (χ1n) is 17.3. The molecular weight excluding hydrogens is 762 g/mol. The van der Waals surface area contributed by atoms with Crippen LogP contribution in [0.15, 0.2) is 118 Å². The molecule has 1 saturated heterocycles. The largest absolute Gasteiger partial charge is 0.374 e. The SMILES string of the molecule is CC(C)(CSc1cccs1)Nc1ccc(S(=O)(=O)Nc2ncnc3cc(N4CCN(Cc5ccccc5-c5ccc(Cl)cc5)CC4)ccc23)cc1[N+](=O)[O-]. The lowest BCUT2D eigenvalue weighted by molar-refractivity contribution is -0.384. The fourth-order valence-corrected chi connectivity index (χ4v) is 9.41. The molecule has 0 unspecified atom stereocenters. The van der Waals surface area contributed by atoms with E-state index in [1.165, 1.54) is 29.6 Å². The average molecular weight is 800 g/mol. The van der Waals surface area contributed by atoms with Crippen LogP contribution in [0.1, 0.15) is 19.4 Å². The van der Waals surface area contributed by atoms with Crippen molar-refractivity contribution in [2.75, 3.05) is 46.9 Å². The molecule has 2 N–H and O–H groups in total. The topological polar surface area (TPSA) is 134 Å². The van der Waals surface area contributed by atoms with Crippen LogP contribution in [0.4, 0.5) is 22.9 Å². The predicted octanol–water partition coefficient (Wildman–Crippen LogP) is 9.03. The zero-order chi connectivity index (χ0) is 37.9. The summed E-state index contributed by atoms with van der Waals surface area (Å²) in [6.07, 6.45) is 1.31. The zero-order valence-electron chi connectivity index (χ0n) is 29.6. The molecule has 11 nitrogen and oxygen atoms in total. The number of hydrogen-bond acceptors (Lipinski definition) is 11. The van der Waals surface area contributed by atoms with Gasteiger partial charge < -0.3 is 10.2 Å². The molecule has 54 heavy (non-hydrogen) atoms. The van der Waals surface area contributed by atoms with Crippen molar-refractivity contribution in [2.24, 2.45) is 0 Å². The number of nitrogens with zero attached hydrogens (tertiary/aromatic N) is 5. The molecule has 15 heteroatoms. The molecule has 0 spiro atoms. The van der Waals surface area contributed by atoms with E-state index in [0.717, 1.165) is 54.3 Å². The summed E-state index contributed by atoms with van der Waals surface area (Å²) in [6.45, 7) is 8.08. The van der Waals surface area contributed by atoms with E-state index in [-0.39, 0.29) is 22.1 Å². The van der Waals surface area contributed by atoms with E-state index in [4.69, 9.17) is 11.6 Å². The summed E-state index contributed by atoms with van der Waals surface area (Å²) in [4.78, 5) is 24.7. The Morgan fingerprint density at radius 2 is 1.72 bits per heavy atom. The van der Waals surface area contributed by atoms with E-state index >= 15 is 0 Å². The maximum Gasteiger partial charge on any atom is 0.293 e. The van der Waals surface area contributed by atoms with Crippen molar-refractivity contribution in [3.8, 4) is 11.1 Å². The molecule has 2 aromatic heterocycles. The van der Waals surface area contributed by atoms with Crippen LogP contribution < -0.4 is 14.9 Å². The van der Waals surface area contributed by atoms with Crippen LogP contribution in [0.5, 0.6) is 0 Å². The second kappa shape index (κ2) is 15.9. The molecule has 0 aliphatic carbocycles. The summed E-state index contributed by atoms with van der Waals surface area (Å²) >= 11 is 9.40. The minimum absolute atomic E-state index is 0.0901. The number of fused-ring (bicyclic) bond motifs is 1. The molecule has 1 aliphatic heterocycles. The Morgan fingerprint density at radius 3 is 2.46 bits per heavy atom. The van der Waals surface area contributed by atoms with Crippen molar-refractivity contribution >= 4 is 78.5 Å². The Labute approximate surface area is 327 Å². The number of nitro benzene ring substituents is 1. The number of nitro groups is 1. The molecule has 1 fully saturated rings. The molecule has 0 atom stereocenters. The quantitative estimate of drug-likeness (QED) is 0.0663. The Bertz CT molecular complexity index is 2390. The highest BCUT2D eigenvalue weighted by atomic mass is 35.5. The van der Waals surface area contributed by atoms with E-state index in [2.05, 4.69) is 66.2 Å². The third-order valence-corrected chi connectivity index (χ3v) is 13.4. The molecule has 3 heterocycles. The van der Waals surface area contributed by atoms with Crippen LogP contribution in [-0.4, -0.2) is 65.7 Å². The highest BCUT2D eigenvalue weighted by Crippen LogP contribution is 2.34. The Kier molecular flexibility index (Phi) is 11.1. The number of halogens is 1. The van der Waals surface area contributed by atoms with E-state index in [1.807, 2.05) is 61.7 Å². The lowest BCUT2D eigenvalue weighted by atomic mass is 9.99. The fourth-order valence-electron chi connectivity index (χ4n) is 6.42. The number of sulfonamides is 1. The van der Waals surface area contributed by atoms with Crippen LogP contribution in [0.3, 0.4) is 0 Å². The van der Waals surface area contributed by atoms with E-state index in [1.54, 1.807) is 23.1 Å². The third kappa shape index (κ3) is 8.79. The first kappa shape index (κ1) is 37.6. The van der Waals surface area contributed by atoms with Crippen molar-refractivity contribution < 1.29 is 13.3 Å². The number of aromatic nitrogens is 2. The van der Waals surface area contributed by atoms with E-state index in [0.29, 0.717) is 21.7 Å². The first-order chi connectivity index (χ1) is 25.9. The second-order valence-corrected chi connectivity index (χ2v) is 18.0. The minimum Gasteiger partial charge on any atom is -0.374 e. The molecule has 7 rings (SSSR count). The molecule has 4 aromatic carbocycles. The third-order valence-electron chi connectivity index (χ3n) is 9.17. The van der Waals surface area contributed by atoms with Gasteiger partial charge in [-0.25, -0.2) is 18.4 Å². The maximum absolute atomic E-state index is 13.6. The van der Waals surface area contributed by atoms with Crippen molar-refractivity contribution in [1.29, 1.82) is 0 Å². The number of piperazine rings is 1. The molecule has 278 valence electrons. The second-order valence-electron chi connectivity index (χ2n) is 13.6. The lowest BCUT2D eigenvalue weighted by Gasteiger charge is -2.36.